The molecule has 0 spiro atoms. The van der Waals surface area contributed by atoms with Crippen LogP contribution < -0.4 is 5.32 Å². The van der Waals surface area contributed by atoms with E-state index in [2.05, 4.69) is 23.5 Å². The number of carbonyl (C=O) groups is 1. The van der Waals surface area contributed by atoms with Crippen LogP contribution in [0.2, 0.25) is 0 Å². The molecule has 1 heterocycles. The first kappa shape index (κ1) is 15.8. The number of rotatable bonds is 5. The topological polar surface area (TPSA) is 38.3 Å². The molecule has 0 aliphatic carbocycles. The zero-order valence-corrected chi connectivity index (χ0v) is 13.5. The fraction of sp³-hybridized carbons (Fsp3) is 0.350. The van der Waals surface area contributed by atoms with E-state index in [-0.39, 0.29) is 17.9 Å². The van der Waals surface area contributed by atoms with Gasteiger partial charge in [-0.2, -0.15) is 0 Å². The first-order chi connectivity index (χ1) is 11.3. The Kier molecular flexibility index (Phi) is 5.09. The van der Waals surface area contributed by atoms with E-state index in [1.807, 2.05) is 43.3 Å². The van der Waals surface area contributed by atoms with Crippen LogP contribution in [0.4, 0.5) is 0 Å². The number of fused-ring (bicyclic) bond motifs is 1. The lowest BCUT2D eigenvalue weighted by Gasteiger charge is -2.26. The average molecular weight is 309 g/mol. The van der Waals surface area contributed by atoms with Crippen LogP contribution in [0.3, 0.4) is 0 Å². The molecule has 2 unspecified atom stereocenters. The van der Waals surface area contributed by atoms with Gasteiger partial charge in [-0.25, -0.2) is 0 Å². The quantitative estimate of drug-likeness (QED) is 0.919. The van der Waals surface area contributed by atoms with Crippen LogP contribution in [-0.2, 0) is 22.6 Å². The van der Waals surface area contributed by atoms with E-state index < -0.39 is 0 Å². The zero-order chi connectivity index (χ0) is 16.1. The molecule has 23 heavy (non-hydrogen) atoms. The summed E-state index contributed by atoms with van der Waals surface area (Å²) in [5.41, 5.74) is 3.65. The summed E-state index contributed by atoms with van der Waals surface area (Å²) in [6, 6.07) is 18.3. The van der Waals surface area contributed by atoms with E-state index in [0.29, 0.717) is 13.2 Å². The lowest BCUT2D eigenvalue weighted by atomic mass is 9.95. The highest BCUT2D eigenvalue weighted by Gasteiger charge is 2.22. The molecule has 0 saturated carbocycles. The lowest BCUT2D eigenvalue weighted by Crippen LogP contribution is -2.38. The van der Waals surface area contributed by atoms with Crippen LogP contribution in [0.5, 0.6) is 0 Å². The average Bonchev–Trinajstić information content (AvgIpc) is 2.61. The molecule has 1 N–H and O–H groups in total. The number of hydrogen-bond acceptors (Lipinski definition) is 2. The molecule has 0 bridgehead atoms. The molecule has 1 aliphatic heterocycles. The normalized spacial score (nSPS) is 18.0. The van der Waals surface area contributed by atoms with E-state index in [0.717, 1.165) is 18.4 Å². The van der Waals surface area contributed by atoms with Crippen molar-refractivity contribution in [3.63, 3.8) is 0 Å². The third-order valence-electron chi connectivity index (χ3n) is 4.47. The zero-order valence-electron chi connectivity index (χ0n) is 13.5. The van der Waals surface area contributed by atoms with E-state index >= 15 is 0 Å². The third-order valence-corrected chi connectivity index (χ3v) is 4.47. The molecule has 0 radical (unpaired) electrons. The predicted molar refractivity (Wildman–Crippen MR) is 91.2 cm³/mol. The molecule has 0 fully saturated rings. The second-order valence-electron chi connectivity index (χ2n) is 6.02. The Morgan fingerprint density at radius 1 is 1.13 bits per heavy atom. The minimum Gasteiger partial charge on any atom is -0.371 e. The van der Waals surface area contributed by atoms with Gasteiger partial charge in [0.25, 0.3) is 0 Å². The second kappa shape index (κ2) is 7.42. The van der Waals surface area contributed by atoms with Crippen LogP contribution in [0.25, 0.3) is 0 Å². The van der Waals surface area contributed by atoms with Gasteiger partial charge in [0.15, 0.2) is 0 Å². The van der Waals surface area contributed by atoms with Crippen LogP contribution in [-0.4, -0.2) is 18.6 Å². The van der Waals surface area contributed by atoms with Crippen molar-refractivity contribution in [2.75, 3.05) is 6.54 Å². The minimum atomic E-state index is -0.0907. The van der Waals surface area contributed by atoms with E-state index in [4.69, 9.17) is 4.74 Å². The number of benzene rings is 2. The van der Waals surface area contributed by atoms with Crippen molar-refractivity contribution in [1.29, 1.82) is 0 Å². The largest absolute Gasteiger partial charge is 0.371 e. The maximum Gasteiger partial charge on any atom is 0.227 e. The summed E-state index contributed by atoms with van der Waals surface area (Å²) >= 11 is 0. The molecule has 0 saturated heterocycles. The maximum atomic E-state index is 12.5. The Morgan fingerprint density at radius 2 is 1.83 bits per heavy atom. The highest BCUT2D eigenvalue weighted by atomic mass is 16.5. The van der Waals surface area contributed by atoms with Crippen molar-refractivity contribution in [2.45, 2.75) is 38.4 Å². The van der Waals surface area contributed by atoms with E-state index in [1.165, 1.54) is 11.1 Å². The van der Waals surface area contributed by atoms with Gasteiger partial charge in [0, 0.05) is 13.0 Å². The van der Waals surface area contributed by atoms with Crippen molar-refractivity contribution >= 4 is 5.91 Å². The number of ether oxygens (including phenoxy) is 1. The molecule has 0 aromatic heterocycles. The molecule has 2 atom stereocenters. The molecule has 1 amide bonds. The summed E-state index contributed by atoms with van der Waals surface area (Å²) in [5.74, 6) is -0.00626. The fourth-order valence-electron chi connectivity index (χ4n) is 3.14. The van der Waals surface area contributed by atoms with Gasteiger partial charge in [-0.3, -0.25) is 4.79 Å². The van der Waals surface area contributed by atoms with Gasteiger partial charge in [0.1, 0.15) is 0 Å². The lowest BCUT2D eigenvalue weighted by molar-refractivity contribution is -0.123. The maximum absolute atomic E-state index is 12.5. The summed E-state index contributed by atoms with van der Waals surface area (Å²) in [7, 11) is 0. The molecule has 2 aromatic rings. The van der Waals surface area contributed by atoms with Crippen molar-refractivity contribution in [1.82, 2.24) is 5.32 Å². The van der Waals surface area contributed by atoms with Crippen LogP contribution in [0.15, 0.2) is 54.6 Å². The van der Waals surface area contributed by atoms with Crippen LogP contribution in [0.1, 0.15) is 36.0 Å². The summed E-state index contributed by atoms with van der Waals surface area (Å²) in [6.07, 6.45) is 1.71. The monoisotopic (exact) mass is 309 g/mol. The Balaban J connectivity index is 1.57. The Bertz CT molecular complexity index is 654. The molecule has 3 nitrogen and oxygen atoms in total. The van der Waals surface area contributed by atoms with Crippen LogP contribution in [0, 0.1) is 0 Å². The molecular formula is C20H23NO2. The smallest absolute Gasteiger partial charge is 0.227 e. The van der Waals surface area contributed by atoms with Crippen LogP contribution >= 0.6 is 0 Å². The number of carbonyl (C=O) groups excluding carboxylic acids is 1. The summed E-state index contributed by atoms with van der Waals surface area (Å²) in [4.78, 5) is 12.5. The van der Waals surface area contributed by atoms with Gasteiger partial charge >= 0.3 is 0 Å². The second-order valence-corrected chi connectivity index (χ2v) is 6.02. The SMILES string of the molecule is CCC(C(=O)NCC1Cc2ccccc2CO1)c1ccccc1. The molecular weight excluding hydrogens is 286 g/mol. The number of amides is 1. The van der Waals surface area contributed by atoms with E-state index in [1.54, 1.807) is 0 Å². The fourth-order valence-corrected chi connectivity index (χ4v) is 3.14. The standard InChI is InChI=1S/C20H23NO2/c1-2-19(15-8-4-3-5-9-15)20(22)21-13-18-12-16-10-6-7-11-17(16)14-23-18/h3-11,18-19H,2,12-14H2,1H3,(H,21,22). The first-order valence-electron chi connectivity index (χ1n) is 8.29. The summed E-state index contributed by atoms with van der Waals surface area (Å²) in [5, 5.41) is 3.07. The molecule has 3 heteroatoms. The summed E-state index contributed by atoms with van der Waals surface area (Å²) < 4.78 is 5.86. The van der Waals surface area contributed by atoms with Gasteiger partial charge in [0.05, 0.1) is 18.6 Å². The summed E-state index contributed by atoms with van der Waals surface area (Å²) in [6.45, 7) is 3.24. The Morgan fingerprint density at radius 3 is 2.57 bits per heavy atom. The third kappa shape index (κ3) is 3.80. The first-order valence-corrected chi connectivity index (χ1v) is 8.29. The minimum absolute atomic E-state index is 0.0575. The highest BCUT2D eigenvalue weighted by Crippen LogP contribution is 2.21. The Labute approximate surface area is 137 Å². The van der Waals surface area contributed by atoms with Gasteiger partial charge in [-0.1, -0.05) is 61.5 Å². The van der Waals surface area contributed by atoms with Gasteiger partial charge in [0.2, 0.25) is 5.91 Å². The number of hydrogen-bond donors (Lipinski definition) is 1. The molecule has 120 valence electrons. The predicted octanol–water partition coefficient (Wildman–Crippen LogP) is 3.44. The van der Waals surface area contributed by atoms with Crippen molar-refractivity contribution < 1.29 is 9.53 Å². The van der Waals surface area contributed by atoms with Gasteiger partial charge in [-0.05, 0) is 23.1 Å². The van der Waals surface area contributed by atoms with Gasteiger partial charge < -0.3 is 10.1 Å². The highest BCUT2D eigenvalue weighted by molar-refractivity contribution is 5.83. The van der Waals surface area contributed by atoms with E-state index in [9.17, 15) is 4.79 Å². The molecule has 1 aliphatic rings. The van der Waals surface area contributed by atoms with Crippen molar-refractivity contribution in [3.05, 3.63) is 71.3 Å². The molecule has 3 rings (SSSR count). The van der Waals surface area contributed by atoms with Crippen molar-refractivity contribution in [2.24, 2.45) is 0 Å². The van der Waals surface area contributed by atoms with Gasteiger partial charge in [-0.15, -0.1) is 0 Å². The molecule has 2 aromatic carbocycles. The Hall–Kier alpha value is -2.13. The van der Waals surface area contributed by atoms with Crippen molar-refractivity contribution in [3.8, 4) is 0 Å². The number of nitrogens with one attached hydrogen (secondary N) is 1.